The van der Waals surface area contributed by atoms with Crippen molar-refractivity contribution in [2.45, 2.75) is 20.3 Å². The van der Waals surface area contributed by atoms with Crippen LogP contribution in [0.15, 0.2) is 24.4 Å². The fourth-order valence-electron chi connectivity index (χ4n) is 2.16. The van der Waals surface area contributed by atoms with Crippen molar-refractivity contribution < 1.29 is 9.18 Å². The molecule has 3 aromatic rings. The molecule has 0 bridgehead atoms. The number of carbonyl (C=O) groups is 1. The van der Waals surface area contributed by atoms with Crippen LogP contribution in [0.5, 0.6) is 0 Å². The molecule has 3 rings (SSSR count). The molecule has 2 aromatic heterocycles. The van der Waals surface area contributed by atoms with Gasteiger partial charge in [0.2, 0.25) is 5.91 Å². The SMILES string of the molecule is Cc1nc(NC(=O)Cc2c[nH]c3ccc(F)cc23)sc1C. The largest absolute Gasteiger partial charge is 0.361 e. The number of hydrogen-bond acceptors (Lipinski definition) is 3. The molecule has 21 heavy (non-hydrogen) atoms. The van der Waals surface area contributed by atoms with E-state index in [1.807, 2.05) is 13.8 Å². The molecular weight excluding hydrogens is 289 g/mol. The Kier molecular flexibility index (Phi) is 3.47. The van der Waals surface area contributed by atoms with Gasteiger partial charge in [-0.3, -0.25) is 4.79 Å². The zero-order valence-corrected chi connectivity index (χ0v) is 12.5. The molecule has 0 spiro atoms. The predicted molar refractivity (Wildman–Crippen MR) is 82.2 cm³/mol. The molecule has 1 aromatic carbocycles. The lowest BCUT2D eigenvalue weighted by Gasteiger charge is -2.01. The molecule has 0 atom stereocenters. The lowest BCUT2D eigenvalue weighted by atomic mass is 10.1. The van der Waals surface area contributed by atoms with Gasteiger partial charge in [0.1, 0.15) is 5.82 Å². The normalized spacial score (nSPS) is 11.0. The van der Waals surface area contributed by atoms with Crippen molar-refractivity contribution in [1.29, 1.82) is 0 Å². The first kappa shape index (κ1) is 13.8. The first-order chi connectivity index (χ1) is 10.0. The highest BCUT2D eigenvalue weighted by Gasteiger charge is 2.12. The van der Waals surface area contributed by atoms with E-state index in [1.54, 1.807) is 12.3 Å². The fourth-order valence-corrected chi connectivity index (χ4v) is 2.99. The molecule has 0 fully saturated rings. The van der Waals surface area contributed by atoms with E-state index >= 15 is 0 Å². The number of carbonyl (C=O) groups excluding carboxylic acids is 1. The topological polar surface area (TPSA) is 57.8 Å². The second-order valence-corrected chi connectivity index (χ2v) is 6.09. The maximum atomic E-state index is 13.3. The van der Waals surface area contributed by atoms with Crippen LogP contribution in [0.2, 0.25) is 0 Å². The number of H-pyrrole nitrogens is 1. The van der Waals surface area contributed by atoms with Crippen molar-refractivity contribution >= 4 is 33.3 Å². The summed E-state index contributed by atoms with van der Waals surface area (Å²) in [6.07, 6.45) is 1.92. The predicted octanol–water partition coefficient (Wildman–Crippen LogP) is 3.56. The molecule has 0 saturated carbocycles. The molecule has 2 heterocycles. The highest BCUT2D eigenvalue weighted by atomic mass is 32.1. The highest BCUT2D eigenvalue weighted by molar-refractivity contribution is 7.15. The number of thiazole rings is 1. The van der Waals surface area contributed by atoms with Crippen LogP contribution in [0.4, 0.5) is 9.52 Å². The summed E-state index contributed by atoms with van der Waals surface area (Å²) in [6, 6.07) is 4.50. The molecule has 1 amide bonds. The van der Waals surface area contributed by atoms with Crippen LogP contribution < -0.4 is 5.32 Å². The van der Waals surface area contributed by atoms with Crippen LogP contribution in [0, 0.1) is 19.7 Å². The van der Waals surface area contributed by atoms with E-state index < -0.39 is 0 Å². The Morgan fingerprint density at radius 2 is 2.24 bits per heavy atom. The van der Waals surface area contributed by atoms with Gasteiger partial charge < -0.3 is 10.3 Å². The summed E-state index contributed by atoms with van der Waals surface area (Å²) in [5.41, 5.74) is 2.51. The van der Waals surface area contributed by atoms with E-state index in [9.17, 15) is 9.18 Å². The maximum absolute atomic E-state index is 13.3. The average Bonchev–Trinajstić information content (AvgIpc) is 2.94. The summed E-state index contributed by atoms with van der Waals surface area (Å²) in [5.74, 6) is -0.469. The van der Waals surface area contributed by atoms with Crippen LogP contribution in [-0.4, -0.2) is 15.9 Å². The molecule has 6 heteroatoms. The van der Waals surface area contributed by atoms with Gasteiger partial charge in [-0.05, 0) is 37.6 Å². The standard InChI is InChI=1S/C15H14FN3OS/c1-8-9(2)21-15(18-8)19-14(20)5-10-7-17-13-4-3-11(16)6-12(10)13/h3-4,6-7,17H,5H2,1-2H3,(H,18,19,20). The van der Waals surface area contributed by atoms with Gasteiger partial charge in [-0.1, -0.05) is 0 Å². The maximum Gasteiger partial charge on any atom is 0.230 e. The number of rotatable bonds is 3. The Bertz CT molecular complexity index is 802. The number of nitrogens with zero attached hydrogens (tertiary/aromatic N) is 1. The first-order valence-corrected chi connectivity index (χ1v) is 7.34. The van der Waals surface area contributed by atoms with E-state index in [1.165, 1.54) is 23.5 Å². The van der Waals surface area contributed by atoms with Crippen molar-refractivity contribution in [3.05, 3.63) is 46.3 Å². The molecule has 108 valence electrons. The van der Waals surface area contributed by atoms with E-state index in [2.05, 4.69) is 15.3 Å². The lowest BCUT2D eigenvalue weighted by Crippen LogP contribution is -2.14. The Hall–Kier alpha value is -2.21. The van der Waals surface area contributed by atoms with E-state index in [-0.39, 0.29) is 18.1 Å². The number of hydrogen-bond donors (Lipinski definition) is 2. The molecule has 0 aliphatic carbocycles. The van der Waals surface area contributed by atoms with E-state index in [4.69, 9.17) is 0 Å². The third-order valence-electron chi connectivity index (χ3n) is 3.36. The third-order valence-corrected chi connectivity index (χ3v) is 4.34. The fraction of sp³-hybridized carbons (Fsp3) is 0.200. The van der Waals surface area contributed by atoms with Crippen LogP contribution in [0.3, 0.4) is 0 Å². The smallest absolute Gasteiger partial charge is 0.230 e. The molecule has 2 N–H and O–H groups in total. The number of fused-ring (bicyclic) bond motifs is 1. The van der Waals surface area contributed by atoms with Crippen molar-refractivity contribution in [2.24, 2.45) is 0 Å². The molecular formula is C15H14FN3OS. The van der Waals surface area contributed by atoms with Crippen LogP contribution in [0.1, 0.15) is 16.1 Å². The van der Waals surface area contributed by atoms with Gasteiger partial charge in [0.05, 0.1) is 12.1 Å². The number of anilines is 1. The summed E-state index contributed by atoms with van der Waals surface area (Å²) < 4.78 is 13.3. The zero-order valence-electron chi connectivity index (χ0n) is 11.7. The van der Waals surface area contributed by atoms with Gasteiger partial charge in [0.15, 0.2) is 5.13 Å². The summed E-state index contributed by atoms with van der Waals surface area (Å²) in [7, 11) is 0. The number of nitrogens with one attached hydrogen (secondary N) is 2. The van der Waals surface area contributed by atoms with Gasteiger partial charge in [0.25, 0.3) is 0 Å². The quantitative estimate of drug-likeness (QED) is 0.777. The van der Waals surface area contributed by atoms with Crippen molar-refractivity contribution in [3.63, 3.8) is 0 Å². The number of aromatic amines is 1. The van der Waals surface area contributed by atoms with Crippen molar-refractivity contribution in [1.82, 2.24) is 9.97 Å². The highest BCUT2D eigenvalue weighted by Crippen LogP contribution is 2.23. The minimum atomic E-state index is -0.310. The summed E-state index contributed by atoms with van der Waals surface area (Å²) >= 11 is 1.45. The number of amides is 1. The van der Waals surface area contributed by atoms with Gasteiger partial charge in [-0.2, -0.15) is 0 Å². The van der Waals surface area contributed by atoms with Gasteiger partial charge in [-0.25, -0.2) is 9.37 Å². The third kappa shape index (κ3) is 2.80. The lowest BCUT2D eigenvalue weighted by molar-refractivity contribution is -0.115. The Morgan fingerprint density at radius 3 is 2.95 bits per heavy atom. The molecule has 4 nitrogen and oxygen atoms in total. The van der Waals surface area contributed by atoms with Crippen LogP contribution in [-0.2, 0) is 11.2 Å². The van der Waals surface area contributed by atoms with E-state index in [0.717, 1.165) is 27.0 Å². The van der Waals surface area contributed by atoms with Gasteiger partial charge in [0, 0.05) is 22.0 Å². The summed E-state index contributed by atoms with van der Waals surface area (Å²) in [4.78, 5) is 20.5. The van der Waals surface area contributed by atoms with Crippen molar-refractivity contribution in [3.8, 4) is 0 Å². The Morgan fingerprint density at radius 1 is 1.43 bits per heavy atom. The number of halogens is 1. The summed E-state index contributed by atoms with van der Waals surface area (Å²) in [5, 5.41) is 4.11. The molecule has 0 radical (unpaired) electrons. The minimum Gasteiger partial charge on any atom is -0.361 e. The first-order valence-electron chi connectivity index (χ1n) is 6.52. The molecule has 0 saturated heterocycles. The summed E-state index contributed by atoms with van der Waals surface area (Å²) in [6.45, 7) is 3.87. The molecule has 0 unspecified atom stereocenters. The zero-order chi connectivity index (χ0) is 15.0. The molecule has 0 aliphatic heterocycles. The van der Waals surface area contributed by atoms with Crippen molar-refractivity contribution in [2.75, 3.05) is 5.32 Å². The van der Waals surface area contributed by atoms with Gasteiger partial charge in [-0.15, -0.1) is 11.3 Å². The number of benzene rings is 1. The van der Waals surface area contributed by atoms with Crippen LogP contribution in [0.25, 0.3) is 10.9 Å². The van der Waals surface area contributed by atoms with E-state index in [0.29, 0.717) is 5.13 Å². The number of aryl methyl sites for hydroxylation is 2. The molecule has 0 aliphatic rings. The monoisotopic (exact) mass is 303 g/mol. The van der Waals surface area contributed by atoms with Gasteiger partial charge >= 0.3 is 0 Å². The Labute approximate surface area is 125 Å². The second-order valence-electron chi connectivity index (χ2n) is 4.89. The van der Waals surface area contributed by atoms with Crippen LogP contribution >= 0.6 is 11.3 Å². The minimum absolute atomic E-state index is 0.158. The average molecular weight is 303 g/mol. The number of aromatic nitrogens is 2. The Balaban J connectivity index is 1.78. The second kappa shape index (κ2) is 5.29.